The minimum atomic E-state index is -0.223. The Bertz CT molecular complexity index is 361. The van der Waals surface area contributed by atoms with Crippen LogP contribution < -0.4 is 10.5 Å². The molecule has 1 aromatic carbocycles. The van der Waals surface area contributed by atoms with Crippen LogP contribution in [0.4, 0.5) is 4.39 Å². The number of piperidine rings is 1. The Morgan fingerprint density at radius 1 is 1.21 bits per heavy atom. The first-order valence-corrected chi connectivity index (χ1v) is 7.08. The van der Waals surface area contributed by atoms with Crippen molar-refractivity contribution in [2.24, 2.45) is 11.7 Å². The molecule has 3 nitrogen and oxygen atoms in total. The molecule has 2 rings (SSSR count). The molecule has 19 heavy (non-hydrogen) atoms. The van der Waals surface area contributed by atoms with Gasteiger partial charge in [-0.3, -0.25) is 0 Å². The lowest BCUT2D eigenvalue weighted by atomic mass is 9.94. The Balaban J connectivity index is 1.63. The largest absolute Gasteiger partial charge is 0.494 e. The van der Waals surface area contributed by atoms with Gasteiger partial charge < -0.3 is 15.4 Å². The minimum absolute atomic E-state index is 0.223. The Morgan fingerprint density at radius 2 is 1.89 bits per heavy atom. The van der Waals surface area contributed by atoms with Crippen LogP contribution in [0.2, 0.25) is 0 Å². The molecule has 1 aliphatic heterocycles. The van der Waals surface area contributed by atoms with E-state index in [-0.39, 0.29) is 5.82 Å². The van der Waals surface area contributed by atoms with E-state index < -0.39 is 0 Å². The van der Waals surface area contributed by atoms with Gasteiger partial charge in [0.2, 0.25) is 0 Å². The highest BCUT2D eigenvalue weighted by Gasteiger charge is 2.18. The van der Waals surface area contributed by atoms with Crippen molar-refractivity contribution in [1.29, 1.82) is 0 Å². The zero-order chi connectivity index (χ0) is 13.5. The average molecular weight is 266 g/mol. The number of hydrogen-bond donors (Lipinski definition) is 1. The summed E-state index contributed by atoms with van der Waals surface area (Å²) in [6, 6.07) is 6.22. The van der Waals surface area contributed by atoms with Crippen LogP contribution in [0.1, 0.15) is 19.3 Å². The fraction of sp³-hybridized carbons (Fsp3) is 0.600. The summed E-state index contributed by atoms with van der Waals surface area (Å²) in [4.78, 5) is 2.43. The third-order valence-corrected chi connectivity index (χ3v) is 3.76. The highest BCUT2D eigenvalue weighted by atomic mass is 19.1. The molecule has 1 saturated heterocycles. The summed E-state index contributed by atoms with van der Waals surface area (Å²) in [5.74, 6) is 1.27. The predicted octanol–water partition coefficient (Wildman–Crippen LogP) is 2.27. The highest BCUT2D eigenvalue weighted by molar-refractivity contribution is 5.21. The van der Waals surface area contributed by atoms with Crippen molar-refractivity contribution >= 4 is 0 Å². The molecule has 1 fully saturated rings. The summed E-state index contributed by atoms with van der Waals surface area (Å²) >= 11 is 0. The maximum atomic E-state index is 12.7. The van der Waals surface area contributed by atoms with E-state index in [1.165, 1.54) is 25.0 Å². The third-order valence-electron chi connectivity index (χ3n) is 3.76. The molecular weight excluding hydrogens is 243 g/mol. The van der Waals surface area contributed by atoms with Gasteiger partial charge in [-0.05, 0) is 62.5 Å². The molecule has 0 unspecified atom stereocenters. The van der Waals surface area contributed by atoms with Crippen molar-refractivity contribution in [3.05, 3.63) is 30.1 Å². The molecule has 0 amide bonds. The first-order valence-electron chi connectivity index (χ1n) is 7.08. The average Bonchev–Trinajstić information content (AvgIpc) is 2.43. The van der Waals surface area contributed by atoms with Crippen molar-refractivity contribution in [3.63, 3.8) is 0 Å². The lowest BCUT2D eigenvalue weighted by Gasteiger charge is -2.31. The van der Waals surface area contributed by atoms with Crippen LogP contribution in [0.15, 0.2) is 24.3 Å². The van der Waals surface area contributed by atoms with Crippen LogP contribution in [0, 0.1) is 11.7 Å². The Morgan fingerprint density at radius 3 is 2.53 bits per heavy atom. The second-order valence-electron chi connectivity index (χ2n) is 5.16. The van der Waals surface area contributed by atoms with E-state index in [4.69, 9.17) is 10.5 Å². The SMILES string of the molecule is NCCN1CCC(CCOc2ccc(F)cc2)CC1. The van der Waals surface area contributed by atoms with E-state index in [9.17, 15) is 4.39 Å². The van der Waals surface area contributed by atoms with Gasteiger partial charge in [0.1, 0.15) is 11.6 Å². The monoisotopic (exact) mass is 266 g/mol. The van der Waals surface area contributed by atoms with Crippen LogP contribution in [0.25, 0.3) is 0 Å². The standard InChI is InChI=1S/C15H23FN2O/c16-14-1-3-15(4-2-14)19-12-7-13-5-9-18(10-6-13)11-8-17/h1-4,13H,5-12,17H2. The predicted molar refractivity (Wildman–Crippen MR) is 74.7 cm³/mol. The van der Waals surface area contributed by atoms with Crippen molar-refractivity contribution < 1.29 is 9.13 Å². The van der Waals surface area contributed by atoms with Crippen LogP contribution in [0.3, 0.4) is 0 Å². The molecule has 0 aliphatic carbocycles. The molecule has 0 aromatic heterocycles. The molecule has 0 radical (unpaired) electrons. The second-order valence-corrected chi connectivity index (χ2v) is 5.16. The third kappa shape index (κ3) is 4.80. The van der Waals surface area contributed by atoms with Gasteiger partial charge in [0.05, 0.1) is 6.61 Å². The summed E-state index contributed by atoms with van der Waals surface area (Å²) in [6.45, 7) is 4.78. The van der Waals surface area contributed by atoms with Gasteiger partial charge >= 0.3 is 0 Å². The molecule has 0 spiro atoms. The fourth-order valence-electron chi connectivity index (χ4n) is 2.56. The lowest BCUT2D eigenvalue weighted by Crippen LogP contribution is -2.37. The van der Waals surface area contributed by atoms with Gasteiger partial charge in [0, 0.05) is 13.1 Å². The minimum Gasteiger partial charge on any atom is -0.494 e. The number of nitrogens with zero attached hydrogens (tertiary/aromatic N) is 1. The second kappa shape index (κ2) is 7.46. The summed E-state index contributed by atoms with van der Waals surface area (Å²) in [6.07, 6.45) is 3.54. The zero-order valence-electron chi connectivity index (χ0n) is 11.4. The summed E-state index contributed by atoms with van der Waals surface area (Å²) < 4.78 is 18.4. The van der Waals surface area contributed by atoms with E-state index in [1.807, 2.05) is 0 Å². The number of rotatable bonds is 6. The summed E-state index contributed by atoms with van der Waals surface area (Å²) in [5, 5.41) is 0. The van der Waals surface area contributed by atoms with Crippen molar-refractivity contribution in [3.8, 4) is 5.75 Å². The van der Waals surface area contributed by atoms with Crippen LogP contribution in [0.5, 0.6) is 5.75 Å². The molecular formula is C15H23FN2O. The topological polar surface area (TPSA) is 38.5 Å². The van der Waals surface area contributed by atoms with E-state index in [0.29, 0.717) is 6.61 Å². The van der Waals surface area contributed by atoms with Gasteiger partial charge in [-0.2, -0.15) is 0 Å². The molecule has 1 heterocycles. The van der Waals surface area contributed by atoms with Crippen LogP contribution >= 0.6 is 0 Å². The zero-order valence-corrected chi connectivity index (χ0v) is 11.4. The van der Waals surface area contributed by atoms with Crippen molar-refractivity contribution in [1.82, 2.24) is 4.90 Å². The van der Waals surface area contributed by atoms with Gasteiger partial charge in [-0.15, -0.1) is 0 Å². The number of halogens is 1. The molecule has 4 heteroatoms. The number of likely N-dealkylation sites (tertiary alicyclic amines) is 1. The first kappa shape index (κ1) is 14.3. The van der Waals surface area contributed by atoms with Gasteiger partial charge in [0.25, 0.3) is 0 Å². The highest BCUT2D eigenvalue weighted by Crippen LogP contribution is 2.21. The Kier molecular flexibility index (Phi) is 5.61. The molecule has 1 aromatic rings. The van der Waals surface area contributed by atoms with Gasteiger partial charge in [-0.1, -0.05) is 0 Å². The lowest BCUT2D eigenvalue weighted by molar-refractivity contribution is 0.166. The van der Waals surface area contributed by atoms with E-state index >= 15 is 0 Å². The van der Waals surface area contributed by atoms with Crippen molar-refractivity contribution in [2.75, 3.05) is 32.8 Å². The molecule has 0 atom stereocenters. The Hall–Kier alpha value is -1.13. The smallest absolute Gasteiger partial charge is 0.123 e. The van der Waals surface area contributed by atoms with Gasteiger partial charge in [0.15, 0.2) is 0 Å². The molecule has 0 saturated carbocycles. The van der Waals surface area contributed by atoms with E-state index in [2.05, 4.69) is 4.90 Å². The van der Waals surface area contributed by atoms with E-state index in [0.717, 1.165) is 44.3 Å². The number of benzene rings is 1. The number of nitrogens with two attached hydrogens (primary N) is 1. The van der Waals surface area contributed by atoms with Crippen LogP contribution in [-0.2, 0) is 0 Å². The van der Waals surface area contributed by atoms with E-state index in [1.54, 1.807) is 12.1 Å². The summed E-state index contributed by atoms with van der Waals surface area (Å²) in [5.41, 5.74) is 5.56. The van der Waals surface area contributed by atoms with Crippen LogP contribution in [-0.4, -0.2) is 37.7 Å². The first-order chi connectivity index (χ1) is 9.28. The Labute approximate surface area is 114 Å². The fourth-order valence-corrected chi connectivity index (χ4v) is 2.56. The maximum absolute atomic E-state index is 12.7. The molecule has 0 bridgehead atoms. The molecule has 2 N–H and O–H groups in total. The van der Waals surface area contributed by atoms with Gasteiger partial charge in [-0.25, -0.2) is 4.39 Å². The quantitative estimate of drug-likeness (QED) is 0.858. The summed E-state index contributed by atoms with van der Waals surface area (Å²) in [7, 11) is 0. The maximum Gasteiger partial charge on any atom is 0.123 e. The molecule has 1 aliphatic rings. The van der Waals surface area contributed by atoms with Crippen molar-refractivity contribution in [2.45, 2.75) is 19.3 Å². The number of hydrogen-bond acceptors (Lipinski definition) is 3. The normalized spacial score (nSPS) is 17.6. The number of ether oxygens (including phenoxy) is 1. The molecule has 106 valence electrons.